The van der Waals surface area contributed by atoms with Crippen LogP contribution in [0.1, 0.15) is 44.2 Å². The van der Waals surface area contributed by atoms with Crippen LogP contribution in [0, 0.1) is 18.2 Å². The molecule has 0 bridgehead atoms. The van der Waals surface area contributed by atoms with Gasteiger partial charge in [-0.15, -0.1) is 0 Å². The first-order valence-electron chi connectivity index (χ1n) is 6.27. The zero-order valence-corrected chi connectivity index (χ0v) is 11.6. The van der Waals surface area contributed by atoms with Crippen molar-refractivity contribution < 1.29 is 4.39 Å². The van der Waals surface area contributed by atoms with Crippen LogP contribution in [-0.4, -0.2) is 13.6 Å². The van der Waals surface area contributed by atoms with E-state index in [0.717, 1.165) is 18.5 Å². The Morgan fingerprint density at radius 1 is 1.29 bits per heavy atom. The normalized spacial score (nSPS) is 13.8. The van der Waals surface area contributed by atoms with E-state index in [1.807, 2.05) is 26.1 Å². The SMILES string of the molecule is CNCCC(c1ccc(F)c(C)c1)C(C)(C)C. The molecule has 1 nitrogen and oxygen atoms in total. The summed E-state index contributed by atoms with van der Waals surface area (Å²) in [7, 11) is 1.97. The monoisotopic (exact) mass is 237 g/mol. The van der Waals surface area contributed by atoms with Gasteiger partial charge >= 0.3 is 0 Å². The van der Waals surface area contributed by atoms with Crippen molar-refractivity contribution in [3.63, 3.8) is 0 Å². The largest absolute Gasteiger partial charge is 0.320 e. The molecule has 0 amide bonds. The first kappa shape index (κ1) is 14.2. The van der Waals surface area contributed by atoms with Crippen LogP contribution in [0.2, 0.25) is 0 Å². The van der Waals surface area contributed by atoms with Crippen LogP contribution in [0.15, 0.2) is 18.2 Å². The molecule has 1 aromatic rings. The summed E-state index contributed by atoms with van der Waals surface area (Å²) in [5, 5.41) is 3.19. The van der Waals surface area contributed by atoms with E-state index in [0.29, 0.717) is 5.92 Å². The highest BCUT2D eigenvalue weighted by molar-refractivity contribution is 5.28. The average Bonchev–Trinajstić information content (AvgIpc) is 2.22. The summed E-state index contributed by atoms with van der Waals surface area (Å²) in [6.07, 6.45) is 1.07. The highest BCUT2D eigenvalue weighted by Crippen LogP contribution is 2.37. The molecule has 1 unspecified atom stereocenters. The third-order valence-electron chi connectivity index (χ3n) is 3.31. The Balaban J connectivity index is 3.00. The molecule has 17 heavy (non-hydrogen) atoms. The molecule has 1 aromatic carbocycles. The molecule has 1 rings (SSSR count). The number of hydrogen-bond donors (Lipinski definition) is 1. The summed E-state index contributed by atoms with van der Waals surface area (Å²) in [5.74, 6) is 0.337. The second-order valence-electron chi connectivity index (χ2n) is 5.82. The number of aryl methyl sites for hydroxylation is 1. The van der Waals surface area contributed by atoms with E-state index in [9.17, 15) is 4.39 Å². The second kappa shape index (κ2) is 5.63. The van der Waals surface area contributed by atoms with Crippen molar-refractivity contribution in [1.82, 2.24) is 5.32 Å². The topological polar surface area (TPSA) is 12.0 Å². The van der Waals surface area contributed by atoms with Crippen molar-refractivity contribution in [2.45, 2.75) is 40.0 Å². The molecule has 0 aromatic heterocycles. The summed E-state index contributed by atoms with van der Waals surface area (Å²) in [5.41, 5.74) is 2.18. The lowest BCUT2D eigenvalue weighted by Crippen LogP contribution is -2.23. The summed E-state index contributed by atoms with van der Waals surface area (Å²) < 4.78 is 13.3. The van der Waals surface area contributed by atoms with Crippen molar-refractivity contribution >= 4 is 0 Å². The van der Waals surface area contributed by atoms with Gasteiger partial charge in [0.05, 0.1) is 0 Å². The van der Waals surface area contributed by atoms with Gasteiger partial charge in [-0.3, -0.25) is 0 Å². The summed E-state index contributed by atoms with van der Waals surface area (Å²) >= 11 is 0. The third kappa shape index (κ3) is 3.81. The minimum atomic E-state index is -0.116. The quantitative estimate of drug-likeness (QED) is 0.838. The first-order valence-corrected chi connectivity index (χ1v) is 6.27. The average molecular weight is 237 g/mol. The summed E-state index contributed by atoms with van der Waals surface area (Å²) in [6, 6.07) is 5.50. The maximum absolute atomic E-state index is 13.3. The van der Waals surface area contributed by atoms with E-state index in [1.165, 1.54) is 5.56 Å². The van der Waals surface area contributed by atoms with Gasteiger partial charge in [0.2, 0.25) is 0 Å². The first-order chi connectivity index (χ1) is 7.86. The molecule has 0 aliphatic carbocycles. The maximum atomic E-state index is 13.3. The van der Waals surface area contributed by atoms with Crippen molar-refractivity contribution in [2.75, 3.05) is 13.6 Å². The summed E-state index contributed by atoms with van der Waals surface area (Å²) in [6.45, 7) is 9.54. The number of nitrogens with one attached hydrogen (secondary N) is 1. The maximum Gasteiger partial charge on any atom is 0.126 e. The highest BCUT2D eigenvalue weighted by Gasteiger charge is 2.25. The lowest BCUT2D eigenvalue weighted by atomic mass is 9.74. The zero-order chi connectivity index (χ0) is 13.1. The van der Waals surface area contributed by atoms with Gasteiger partial charge in [-0.2, -0.15) is 0 Å². The molecule has 0 spiro atoms. The van der Waals surface area contributed by atoms with E-state index < -0.39 is 0 Å². The Hall–Kier alpha value is -0.890. The van der Waals surface area contributed by atoms with Gasteiger partial charge in [0, 0.05) is 0 Å². The fourth-order valence-corrected chi connectivity index (χ4v) is 2.27. The second-order valence-corrected chi connectivity index (χ2v) is 5.82. The fourth-order valence-electron chi connectivity index (χ4n) is 2.27. The van der Waals surface area contributed by atoms with Crippen LogP contribution in [0.3, 0.4) is 0 Å². The van der Waals surface area contributed by atoms with E-state index in [2.05, 4.69) is 26.1 Å². The van der Waals surface area contributed by atoms with E-state index in [-0.39, 0.29) is 11.2 Å². The zero-order valence-electron chi connectivity index (χ0n) is 11.6. The van der Waals surface area contributed by atoms with Gasteiger partial charge in [0.1, 0.15) is 5.82 Å². The van der Waals surface area contributed by atoms with Crippen LogP contribution in [0.4, 0.5) is 4.39 Å². The molecule has 0 aliphatic rings. The molecule has 0 heterocycles. The molecule has 96 valence electrons. The predicted molar refractivity (Wildman–Crippen MR) is 71.9 cm³/mol. The number of halogens is 1. The van der Waals surface area contributed by atoms with Gasteiger partial charge in [-0.05, 0) is 55.5 Å². The number of hydrogen-bond acceptors (Lipinski definition) is 1. The van der Waals surface area contributed by atoms with Crippen molar-refractivity contribution in [3.05, 3.63) is 35.1 Å². The van der Waals surface area contributed by atoms with Crippen LogP contribution < -0.4 is 5.32 Å². The van der Waals surface area contributed by atoms with Crippen LogP contribution in [-0.2, 0) is 0 Å². The van der Waals surface area contributed by atoms with Gasteiger partial charge in [-0.1, -0.05) is 32.9 Å². The Morgan fingerprint density at radius 3 is 2.41 bits per heavy atom. The van der Waals surface area contributed by atoms with E-state index >= 15 is 0 Å². The Bertz CT molecular complexity index is 366. The lowest BCUT2D eigenvalue weighted by molar-refractivity contribution is 0.303. The van der Waals surface area contributed by atoms with Crippen LogP contribution >= 0.6 is 0 Å². The molecular weight excluding hydrogens is 213 g/mol. The molecule has 1 N–H and O–H groups in total. The molecule has 0 saturated heterocycles. The van der Waals surface area contributed by atoms with Crippen molar-refractivity contribution in [1.29, 1.82) is 0 Å². The molecule has 0 radical (unpaired) electrons. The molecular formula is C15H24FN. The Labute approximate surface area is 104 Å². The van der Waals surface area contributed by atoms with Gasteiger partial charge < -0.3 is 5.32 Å². The van der Waals surface area contributed by atoms with Gasteiger partial charge in [0.15, 0.2) is 0 Å². The van der Waals surface area contributed by atoms with Crippen molar-refractivity contribution in [2.24, 2.45) is 5.41 Å². The highest BCUT2D eigenvalue weighted by atomic mass is 19.1. The molecule has 2 heteroatoms. The van der Waals surface area contributed by atoms with Gasteiger partial charge in [-0.25, -0.2) is 4.39 Å². The number of benzene rings is 1. The standard InChI is InChI=1S/C15H24FN/c1-11-10-12(6-7-14(11)16)13(8-9-17-5)15(2,3)4/h6-7,10,13,17H,8-9H2,1-5H3. The smallest absolute Gasteiger partial charge is 0.126 e. The Kier molecular flexibility index (Phi) is 4.70. The molecule has 0 aliphatic heterocycles. The summed E-state index contributed by atoms with van der Waals surface area (Å²) in [4.78, 5) is 0. The lowest BCUT2D eigenvalue weighted by Gasteiger charge is -2.31. The molecule has 0 fully saturated rings. The third-order valence-corrected chi connectivity index (χ3v) is 3.31. The number of rotatable bonds is 4. The minimum Gasteiger partial charge on any atom is -0.320 e. The van der Waals surface area contributed by atoms with E-state index in [4.69, 9.17) is 0 Å². The van der Waals surface area contributed by atoms with Crippen LogP contribution in [0.25, 0.3) is 0 Å². The van der Waals surface area contributed by atoms with Crippen molar-refractivity contribution in [3.8, 4) is 0 Å². The van der Waals surface area contributed by atoms with Gasteiger partial charge in [0.25, 0.3) is 0 Å². The predicted octanol–water partition coefficient (Wildman–Crippen LogP) is 3.87. The molecule has 0 saturated carbocycles. The van der Waals surface area contributed by atoms with E-state index in [1.54, 1.807) is 6.07 Å². The Morgan fingerprint density at radius 2 is 1.94 bits per heavy atom. The fraction of sp³-hybridized carbons (Fsp3) is 0.600. The van der Waals surface area contributed by atoms with Crippen LogP contribution in [0.5, 0.6) is 0 Å². The minimum absolute atomic E-state index is 0.116. The molecule has 1 atom stereocenters.